The largest absolute Gasteiger partial charge is 0.465 e. The Morgan fingerprint density at radius 1 is 0.786 bits per heavy atom. The molecule has 1 atom stereocenters. The Bertz CT molecular complexity index is 469. The van der Waals surface area contributed by atoms with Gasteiger partial charge in [-0.3, -0.25) is 4.79 Å². The van der Waals surface area contributed by atoms with Crippen molar-refractivity contribution in [3.8, 4) is 0 Å². The van der Waals surface area contributed by atoms with Crippen molar-refractivity contribution in [1.82, 2.24) is 0 Å². The number of hydrogen-bond acceptors (Lipinski definition) is 2. The SMILES string of the molecule is CCCCCCCCC(CCCCCC)COC(=O)CCCc1ccccc1. The smallest absolute Gasteiger partial charge is 0.305 e. The summed E-state index contributed by atoms with van der Waals surface area (Å²) < 4.78 is 5.66. The highest BCUT2D eigenvalue weighted by Gasteiger charge is 2.12. The maximum Gasteiger partial charge on any atom is 0.305 e. The zero-order valence-corrected chi connectivity index (χ0v) is 18.6. The molecule has 1 aromatic carbocycles. The molecular weight excluding hydrogens is 344 g/mol. The van der Waals surface area contributed by atoms with Crippen LogP contribution in [0.1, 0.15) is 109 Å². The molecule has 2 heteroatoms. The molecule has 2 nitrogen and oxygen atoms in total. The van der Waals surface area contributed by atoms with Gasteiger partial charge in [0.05, 0.1) is 6.61 Å². The predicted molar refractivity (Wildman–Crippen MR) is 121 cm³/mol. The maximum atomic E-state index is 12.1. The first kappa shape index (κ1) is 24.7. The highest BCUT2D eigenvalue weighted by atomic mass is 16.5. The third kappa shape index (κ3) is 13.8. The quantitative estimate of drug-likeness (QED) is 0.189. The van der Waals surface area contributed by atoms with Gasteiger partial charge >= 0.3 is 5.97 Å². The summed E-state index contributed by atoms with van der Waals surface area (Å²) >= 11 is 0. The van der Waals surface area contributed by atoms with Gasteiger partial charge in [-0.25, -0.2) is 0 Å². The van der Waals surface area contributed by atoms with E-state index in [-0.39, 0.29) is 5.97 Å². The Hall–Kier alpha value is -1.31. The van der Waals surface area contributed by atoms with Gasteiger partial charge in [-0.05, 0) is 37.2 Å². The molecule has 0 aromatic heterocycles. The van der Waals surface area contributed by atoms with E-state index in [1.165, 1.54) is 82.6 Å². The molecule has 0 fully saturated rings. The number of esters is 1. The van der Waals surface area contributed by atoms with Crippen molar-refractivity contribution in [3.63, 3.8) is 0 Å². The van der Waals surface area contributed by atoms with Crippen molar-refractivity contribution in [1.29, 1.82) is 0 Å². The molecule has 0 spiro atoms. The second-order valence-corrected chi connectivity index (χ2v) is 8.29. The predicted octanol–water partition coefficient (Wildman–Crippen LogP) is 7.89. The molecule has 0 N–H and O–H groups in total. The minimum Gasteiger partial charge on any atom is -0.465 e. The average Bonchev–Trinajstić information content (AvgIpc) is 2.72. The fourth-order valence-electron chi connectivity index (χ4n) is 3.75. The summed E-state index contributed by atoms with van der Waals surface area (Å²) in [5.41, 5.74) is 1.30. The van der Waals surface area contributed by atoms with Crippen LogP contribution in [0.4, 0.5) is 0 Å². The fourth-order valence-corrected chi connectivity index (χ4v) is 3.75. The van der Waals surface area contributed by atoms with Gasteiger partial charge in [0.25, 0.3) is 0 Å². The van der Waals surface area contributed by atoms with Gasteiger partial charge in [-0.1, -0.05) is 108 Å². The van der Waals surface area contributed by atoms with E-state index in [2.05, 4.69) is 38.1 Å². The topological polar surface area (TPSA) is 26.3 Å². The van der Waals surface area contributed by atoms with Crippen LogP contribution in [0.3, 0.4) is 0 Å². The Morgan fingerprint density at radius 2 is 1.36 bits per heavy atom. The van der Waals surface area contributed by atoms with E-state index in [0.29, 0.717) is 18.9 Å². The first-order chi connectivity index (χ1) is 13.8. The van der Waals surface area contributed by atoms with E-state index < -0.39 is 0 Å². The molecule has 1 aromatic rings. The highest BCUT2D eigenvalue weighted by Crippen LogP contribution is 2.20. The summed E-state index contributed by atoms with van der Waals surface area (Å²) in [4.78, 5) is 12.1. The van der Waals surface area contributed by atoms with Gasteiger partial charge in [0.15, 0.2) is 0 Å². The number of benzene rings is 1. The van der Waals surface area contributed by atoms with Crippen LogP contribution in [0.2, 0.25) is 0 Å². The van der Waals surface area contributed by atoms with Gasteiger partial charge in [0, 0.05) is 6.42 Å². The van der Waals surface area contributed by atoms with Crippen molar-refractivity contribution in [2.45, 2.75) is 110 Å². The van der Waals surface area contributed by atoms with E-state index in [4.69, 9.17) is 4.74 Å². The minimum absolute atomic E-state index is 0.0163. The molecule has 1 rings (SSSR count). The molecule has 0 heterocycles. The lowest BCUT2D eigenvalue weighted by molar-refractivity contribution is -0.145. The first-order valence-electron chi connectivity index (χ1n) is 12.0. The van der Waals surface area contributed by atoms with Crippen LogP contribution >= 0.6 is 0 Å². The van der Waals surface area contributed by atoms with Gasteiger partial charge in [0.1, 0.15) is 0 Å². The Morgan fingerprint density at radius 3 is 2.00 bits per heavy atom. The monoisotopic (exact) mass is 388 g/mol. The summed E-state index contributed by atoms with van der Waals surface area (Å²) in [5.74, 6) is 0.540. The lowest BCUT2D eigenvalue weighted by Crippen LogP contribution is -2.14. The number of aryl methyl sites for hydroxylation is 1. The summed E-state index contributed by atoms with van der Waals surface area (Å²) in [6, 6.07) is 10.4. The van der Waals surface area contributed by atoms with E-state index in [1.807, 2.05) is 6.07 Å². The normalized spacial score (nSPS) is 12.1. The lowest BCUT2D eigenvalue weighted by Gasteiger charge is -2.17. The van der Waals surface area contributed by atoms with Gasteiger partial charge in [-0.2, -0.15) is 0 Å². The summed E-state index contributed by atoms with van der Waals surface area (Å²) in [6.45, 7) is 5.15. The van der Waals surface area contributed by atoms with Crippen LogP contribution < -0.4 is 0 Å². The Balaban J connectivity index is 2.21. The van der Waals surface area contributed by atoms with E-state index in [0.717, 1.165) is 12.8 Å². The zero-order valence-electron chi connectivity index (χ0n) is 18.6. The van der Waals surface area contributed by atoms with Crippen LogP contribution in [0.15, 0.2) is 30.3 Å². The average molecular weight is 389 g/mol. The molecule has 0 aliphatic rings. The molecule has 0 saturated heterocycles. The molecular formula is C26H44O2. The molecule has 0 amide bonds. The minimum atomic E-state index is -0.0163. The third-order valence-electron chi connectivity index (χ3n) is 5.60. The summed E-state index contributed by atoms with van der Waals surface area (Å²) in [5, 5.41) is 0. The second-order valence-electron chi connectivity index (χ2n) is 8.29. The molecule has 0 bridgehead atoms. The van der Waals surface area contributed by atoms with Crippen molar-refractivity contribution >= 4 is 5.97 Å². The standard InChI is InChI=1S/C26H44O2/c1-3-5-7-9-10-13-20-25(19-12-8-6-4-2)23-28-26(27)22-16-21-24-17-14-11-15-18-24/h11,14-15,17-18,25H,3-10,12-13,16,19-23H2,1-2H3. The van der Waals surface area contributed by atoms with Crippen LogP contribution in [0.5, 0.6) is 0 Å². The first-order valence-corrected chi connectivity index (χ1v) is 12.0. The Kier molecular flexibility index (Phi) is 15.7. The van der Waals surface area contributed by atoms with Gasteiger partial charge < -0.3 is 4.74 Å². The van der Waals surface area contributed by atoms with E-state index >= 15 is 0 Å². The summed E-state index contributed by atoms with van der Waals surface area (Å²) in [6.07, 6.45) is 18.0. The fraction of sp³-hybridized carbons (Fsp3) is 0.731. The number of hydrogen-bond donors (Lipinski definition) is 0. The molecule has 0 saturated carbocycles. The van der Waals surface area contributed by atoms with Crippen LogP contribution in [0, 0.1) is 5.92 Å². The highest BCUT2D eigenvalue weighted by molar-refractivity contribution is 5.69. The summed E-state index contributed by atoms with van der Waals surface area (Å²) in [7, 11) is 0. The molecule has 28 heavy (non-hydrogen) atoms. The number of carbonyl (C=O) groups is 1. The molecule has 160 valence electrons. The van der Waals surface area contributed by atoms with Crippen molar-refractivity contribution in [3.05, 3.63) is 35.9 Å². The molecule has 0 aliphatic carbocycles. The van der Waals surface area contributed by atoms with E-state index in [1.54, 1.807) is 0 Å². The Labute approximate surface area is 174 Å². The molecule has 1 unspecified atom stereocenters. The van der Waals surface area contributed by atoms with Gasteiger partial charge in [-0.15, -0.1) is 0 Å². The number of unbranched alkanes of at least 4 members (excludes halogenated alkanes) is 8. The van der Waals surface area contributed by atoms with Crippen molar-refractivity contribution in [2.75, 3.05) is 6.61 Å². The van der Waals surface area contributed by atoms with Crippen molar-refractivity contribution < 1.29 is 9.53 Å². The number of rotatable bonds is 18. The van der Waals surface area contributed by atoms with Crippen molar-refractivity contribution in [2.24, 2.45) is 5.92 Å². The third-order valence-corrected chi connectivity index (χ3v) is 5.60. The van der Waals surface area contributed by atoms with E-state index in [9.17, 15) is 4.79 Å². The number of carbonyl (C=O) groups excluding carboxylic acids is 1. The zero-order chi connectivity index (χ0) is 20.3. The van der Waals surface area contributed by atoms with Crippen LogP contribution in [0.25, 0.3) is 0 Å². The number of ether oxygens (including phenoxy) is 1. The second kappa shape index (κ2) is 17.8. The molecule has 0 aliphatic heterocycles. The maximum absolute atomic E-state index is 12.1. The van der Waals surface area contributed by atoms with Crippen LogP contribution in [-0.4, -0.2) is 12.6 Å². The molecule has 0 radical (unpaired) electrons. The lowest BCUT2D eigenvalue weighted by atomic mass is 9.95. The van der Waals surface area contributed by atoms with Gasteiger partial charge in [0.2, 0.25) is 0 Å². The van der Waals surface area contributed by atoms with Crippen LogP contribution in [-0.2, 0) is 16.0 Å².